The second-order valence-electron chi connectivity index (χ2n) is 5.22. The van der Waals surface area contributed by atoms with E-state index < -0.39 is 5.97 Å². The van der Waals surface area contributed by atoms with Crippen molar-refractivity contribution in [3.8, 4) is 0 Å². The lowest BCUT2D eigenvalue weighted by molar-refractivity contribution is -0.132. The Morgan fingerprint density at radius 3 is 2.42 bits per heavy atom. The Bertz CT molecular complexity index is 788. The van der Waals surface area contributed by atoms with Crippen molar-refractivity contribution in [1.29, 1.82) is 0 Å². The van der Waals surface area contributed by atoms with Gasteiger partial charge in [-0.3, -0.25) is 5.01 Å². The van der Waals surface area contributed by atoms with Gasteiger partial charge in [-0.25, -0.2) is 4.79 Å². The summed E-state index contributed by atoms with van der Waals surface area (Å²) < 4.78 is 5.79. The first-order valence-corrected chi connectivity index (χ1v) is 8.70. The molecule has 0 amide bonds. The van der Waals surface area contributed by atoms with Crippen LogP contribution in [0.4, 0.5) is 5.69 Å². The summed E-state index contributed by atoms with van der Waals surface area (Å²) in [5.41, 5.74) is 1.91. The van der Waals surface area contributed by atoms with Crippen LogP contribution < -0.4 is 5.01 Å². The maximum absolute atomic E-state index is 11.9. The Hall–Kier alpha value is -1.56. The summed E-state index contributed by atoms with van der Waals surface area (Å²) in [5, 5.41) is 7.06. The van der Waals surface area contributed by atoms with Crippen molar-refractivity contribution in [1.82, 2.24) is 0 Å². The summed E-state index contributed by atoms with van der Waals surface area (Å²) in [6.45, 7) is 0. The number of rotatable bonds is 3. The van der Waals surface area contributed by atoms with E-state index >= 15 is 0 Å². The standard InChI is InChI=1S/C17H13BrCl2N2O2/c1-24-17(23)14-9-15(10-5-7-11(18)8-6-10)22(21-14)16-12(19)3-2-4-13(16)20/h2-8,15H,9H2,1H3. The van der Waals surface area contributed by atoms with Gasteiger partial charge in [-0.05, 0) is 29.8 Å². The van der Waals surface area contributed by atoms with Gasteiger partial charge < -0.3 is 4.74 Å². The van der Waals surface area contributed by atoms with Gasteiger partial charge in [-0.15, -0.1) is 0 Å². The average Bonchev–Trinajstić information content (AvgIpc) is 2.99. The molecule has 124 valence electrons. The van der Waals surface area contributed by atoms with Crippen LogP contribution in [0.2, 0.25) is 10.0 Å². The number of methoxy groups -OCH3 is 1. The minimum atomic E-state index is -0.456. The molecule has 0 radical (unpaired) electrons. The van der Waals surface area contributed by atoms with Crippen LogP contribution >= 0.6 is 39.1 Å². The number of halogens is 3. The van der Waals surface area contributed by atoms with Crippen LogP contribution in [0.15, 0.2) is 52.0 Å². The summed E-state index contributed by atoms with van der Waals surface area (Å²) in [4.78, 5) is 11.9. The fourth-order valence-corrected chi connectivity index (χ4v) is 3.44. The van der Waals surface area contributed by atoms with E-state index in [1.807, 2.05) is 24.3 Å². The Balaban J connectivity index is 2.08. The number of carbonyl (C=O) groups excluding carboxylic acids is 1. The third-order valence-corrected chi connectivity index (χ3v) is 4.89. The average molecular weight is 428 g/mol. The highest BCUT2D eigenvalue weighted by atomic mass is 79.9. The number of esters is 1. The fraction of sp³-hybridized carbons (Fsp3) is 0.176. The van der Waals surface area contributed by atoms with Gasteiger partial charge >= 0.3 is 5.97 Å². The van der Waals surface area contributed by atoms with E-state index in [1.165, 1.54) is 7.11 Å². The fourth-order valence-electron chi connectivity index (χ4n) is 2.61. The third-order valence-electron chi connectivity index (χ3n) is 3.75. The Morgan fingerprint density at radius 2 is 1.83 bits per heavy atom. The Kier molecular flexibility index (Phi) is 5.13. The molecular weight excluding hydrogens is 415 g/mol. The lowest BCUT2D eigenvalue weighted by Gasteiger charge is -2.25. The summed E-state index contributed by atoms with van der Waals surface area (Å²) in [5.74, 6) is -0.456. The molecule has 0 aliphatic carbocycles. The summed E-state index contributed by atoms with van der Waals surface area (Å²) >= 11 is 16.1. The zero-order valence-electron chi connectivity index (χ0n) is 12.7. The Morgan fingerprint density at radius 1 is 1.21 bits per heavy atom. The van der Waals surface area contributed by atoms with Gasteiger partial charge in [0.05, 0.1) is 28.9 Å². The zero-order valence-corrected chi connectivity index (χ0v) is 15.8. The van der Waals surface area contributed by atoms with Crippen molar-refractivity contribution in [2.45, 2.75) is 12.5 Å². The maximum Gasteiger partial charge on any atom is 0.354 e. The largest absolute Gasteiger partial charge is 0.464 e. The van der Waals surface area contributed by atoms with Crippen molar-refractivity contribution in [3.63, 3.8) is 0 Å². The lowest BCUT2D eigenvalue weighted by atomic mass is 10.0. The highest BCUT2D eigenvalue weighted by molar-refractivity contribution is 9.10. The first-order valence-electron chi connectivity index (χ1n) is 7.15. The molecule has 0 saturated heterocycles. The molecule has 0 fully saturated rings. The van der Waals surface area contributed by atoms with Gasteiger partial charge in [-0.2, -0.15) is 5.10 Å². The summed E-state index contributed by atoms with van der Waals surface area (Å²) in [6.07, 6.45) is 0.413. The van der Waals surface area contributed by atoms with E-state index in [0.29, 0.717) is 27.9 Å². The van der Waals surface area contributed by atoms with Gasteiger partial charge in [-0.1, -0.05) is 57.3 Å². The van der Waals surface area contributed by atoms with Crippen LogP contribution in [-0.4, -0.2) is 18.8 Å². The Labute approximate surface area is 158 Å². The van der Waals surface area contributed by atoms with Gasteiger partial charge in [0, 0.05) is 10.9 Å². The molecule has 24 heavy (non-hydrogen) atoms. The molecule has 1 aliphatic rings. The number of hydrogen-bond acceptors (Lipinski definition) is 4. The van der Waals surface area contributed by atoms with Crippen LogP contribution in [0, 0.1) is 0 Å². The smallest absolute Gasteiger partial charge is 0.354 e. The first-order chi connectivity index (χ1) is 11.5. The molecule has 0 N–H and O–H groups in total. The van der Waals surface area contributed by atoms with Crippen LogP contribution in [-0.2, 0) is 9.53 Å². The van der Waals surface area contributed by atoms with Crippen molar-refractivity contribution in [3.05, 3.63) is 62.5 Å². The first kappa shape index (κ1) is 17.3. The highest BCUT2D eigenvalue weighted by Gasteiger charge is 2.34. The van der Waals surface area contributed by atoms with Crippen molar-refractivity contribution in [2.75, 3.05) is 12.1 Å². The van der Waals surface area contributed by atoms with Gasteiger partial charge in [0.25, 0.3) is 0 Å². The van der Waals surface area contributed by atoms with Gasteiger partial charge in [0.2, 0.25) is 0 Å². The minimum Gasteiger partial charge on any atom is -0.464 e. The molecule has 7 heteroatoms. The van der Waals surface area contributed by atoms with E-state index in [1.54, 1.807) is 23.2 Å². The number of carbonyl (C=O) groups is 1. The number of para-hydroxylation sites is 1. The third kappa shape index (κ3) is 3.29. The molecule has 0 saturated carbocycles. The van der Waals surface area contributed by atoms with Crippen LogP contribution in [0.1, 0.15) is 18.0 Å². The predicted molar refractivity (Wildman–Crippen MR) is 99.9 cm³/mol. The molecule has 4 nitrogen and oxygen atoms in total. The number of benzene rings is 2. The van der Waals surface area contributed by atoms with Crippen LogP contribution in [0.5, 0.6) is 0 Å². The molecule has 0 aromatic heterocycles. The van der Waals surface area contributed by atoms with E-state index in [4.69, 9.17) is 27.9 Å². The van der Waals surface area contributed by atoms with E-state index in [-0.39, 0.29) is 6.04 Å². The normalized spacial score (nSPS) is 16.9. The number of hydrazone groups is 1. The molecule has 2 aromatic carbocycles. The van der Waals surface area contributed by atoms with E-state index in [9.17, 15) is 4.79 Å². The second kappa shape index (κ2) is 7.13. The van der Waals surface area contributed by atoms with E-state index in [0.717, 1.165) is 10.0 Å². The molecule has 1 heterocycles. The molecule has 0 bridgehead atoms. The summed E-state index contributed by atoms with van der Waals surface area (Å²) in [7, 11) is 1.34. The molecule has 3 rings (SSSR count). The number of nitrogens with zero attached hydrogens (tertiary/aromatic N) is 2. The SMILES string of the molecule is COC(=O)C1=NN(c2c(Cl)cccc2Cl)C(c2ccc(Br)cc2)C1. The molecule has 0 spiro atoms. The minimum absolute atomic E-state index is 0.190. The molecule has 2 aromatic rings. The highest BCUT2D eigenvalue weighted by Crippen LogP contribution is 2.42. The van der Waals surface area contributed by atoms with Crippen molar-refractivity contribution < 1.29 is 9.53 Å². The van der Waals surface area contributed by atoms with E-state index in [2.05, 4.69) is 21.0 Å². The topological polar surface area (TPSA) is 41.9 Å². The number of anilines is 1. The number of hydrogen-bond donors (Lipinski definition) is 0. The zero-order chi connectivity index (χ0) is 17.3. The van der Waals surface area contributed by atoms with Gasteiger partial charge in [0.1, 0.15) is 5.71 Å². The molecule has 1 atom stereocenters. The van der Waals surface area contributed by atoms with Crippen molar-refractivity contribution in [2.24, 2.45) is 5.10 Å². The number of ether oxygens (including phenoxy) is 1. The second-order valence-corrected chi connectivity index (χ2v) is 6.95. The van der Waals surface area contributed by atoms with Gasteiger partial charge in [0.15, 0.2) is 0 Å². The summed E-state index contributed by atoms with van der Waals surface area (Å²) in [6, 6.07) is 12.9. The molecular formula is C17H13BrCl2N2O2. The predicted octanol–water partition coefficient (Wildman–Crippen LogP) is 5.24. The van der Waals surface area contributed by atoms with Crippen LogP contribution in [0.3, 0.4) is 0 Å². The lowest BCUT2D eigenvalue weighted by Crippen LogP contribution is -2.19. The molecule has 1 aliphatic heterocycles. The van der Waals surface area contributed by atoms with Crippen molar-refractivity contribution >= 4 is 56.5 Å². The monoisotopic (exact) mass is 426 g/mol. The maximum atomic E-state index is 11.9. The van der Waals surface area contributed by atoms with Crippen LogP contribution in [0.25, 0.3) is 0 Å². The molecule has 1 unspecified atom stereocenters. The quantitative estimate of drug-likeness (QED) is 0.629.